The molecule has 0 radical (unpaired) electrons. The zero-order valence-corrected chi connectivity index (χ0v) is 9.24. The molecule has 0 aromatic rings. The van der Waals surface area contributed by atoms with E-state index in [1.807, 2.05) is 0 Å². The second kappa shape index (κ2) is 4.92. The van der Waals surface area contributed by atoms with E-state index >= 15 is 0 Å². The van der Waals surface area contributed by atoms with Crippen molar-refractivity contribution >= 4 is 10.1 Å². The van der Waals surface area contributed by atoms with Crippen LogP contribution in [-0.4, -0.2) is 72.4 Å². The summed E-state index contributed by atoms with van der Waals surface area (Å²) in [5, 5.41) is 36.9. The van der Waals surface area contributed by atoms with Crippen LogP contribution in [-0.2, 0) is 19.0 Å². The van der Waals surface area contributed by atoms with Gasteiger partial charge in [-0.2, -0.15) is 8.42 Å². The van der Waals surface area contributed by atoms with E-state index in [-0.39, 0.29) is 0 Å². The smallest absolute Gasteiger partial charge is 0.264 e. The monoisotopic (exact) mass is 258 g/mol. The lowest BCUT2D eigenvalue weighted by atomic mass is 10.00. The highest BCUT2D eigenvalue weighted by atomic mass is 32.2. The average Bonchev–Trinajstić information content (AvgIpc) is 2.17. The van der Waals surface area contributed by atoms with Gasteiger partial charge in [0.1, 0.15) is 24.4 Å². The Balaban J connectivity index is 2.61. The Bertz CT molecular complexity index is 327. The van der Waals surface area contributed by atoms with E-state index in [4.69, 9.17) is 10.2 Å². The first-order valence-corrected chi connectivity index (χ1v) is 6.26. The highest BCUT2D eigenvalue weighted by Crippen LogP contribution is 2.20. The van der Waals surface area contributed by atoms with Crippen molar-refractivity contribution in [1.29, 1.82) is 0 Å². The van der Waals surface area contributed by atoms with E-state index in [0.29, 0.717) is 0 Å². The van der Waals surface area contributed by atoms with Gasteiger partial charge in [0.05, 0.1) is 12.9 Å². The number of hydrogen-bond donors (Lipinski definition) is 4. The van der Waals surface area contributed by atoms with Crippen LogP contribution in [0.5, 0.6) is 0 Å². The molecule has 1 aliphatic heterocycles. The van der Waals surface area contributed by atoms with Gasteiger partial charge in [-0.1, -0.05) is 0 Å². The number of hydrogen-bond acceptors (Lipinski definition) is 8. The molecule has 0 aromatic carbocycles. The Morgan fingerprint density at radius 1 is 1.12 bits per heavy atom. The molecule has 1 saturated heterocycles. The van der Waals surface area contributed by atoms with Gasteiger partial charge in [0, 0.05) is 0 Å². The predicted octanol–water partition coefficient (Wildman–Crippen LogP) is -3.24. The lowest BCUT2D eigenvalue weighted by Gasteiger charge is -2.37. The van der Waals surface area contributed by atoms with Gasteiger partial charge in [0.2, 0.25) is 0 Å². The van der Waals surface area contributed by atoms with Gasteiger partial charge in [0.25, 0.3) is 10.1 Å². The first kappa shape index (κ1) is 13.8. The quantitative estimate of drug-likeness (QED) is 0.388. The fourth-order valence-electron chi connectivity index (χ4n) is 1.26. The van der Waals surface area contributed by atoms with Gasteiger partial charge >= 0.3 is 0 Å². The molecule has 0 bridgehead atoms. The summed E-state index contributed by atoms with van der Waals surface area (Å²) in [5.41, 5.74) is 0. The van der Waals surface area contributed by atoms with E-state index in [9.17, 15) is 18.6 Å². The van der Waals surface area contributed by atoms with Crippen molar-refractivity contribution < 1.29 is 37.8 Å². The molecule has 5 atom stereocenters. The van der Waals surface area contributed by atoms with Crippen molar-refractivity contribution in [2.75, 3.05) is 12.9 Å². The fraction of sp³-hybridized carbons (Fsp3) is 1.00. The van der Waals surface area contributed by atoms with Crippen molar-refractivity contribution in [1.82, 2.24) is 0 Å². The maximum absolute atomic E-state index is 10.7. The molecule has 0 amide bonds. The first-order valence-electron chi connectivity index (χ1n) is 4.44. The molecule has 1 unspecified atom stereocenters. The molecule has 4 N–H and O–H groups in total. The molecule has 0 aliphatic carbocycles. The second-order valence-corrected chi connectivity index (χ2v) is 5.17. The third-order valence-electron chi connectivity index (χ3n) is 2.13. The highest BCUT2D eigenvalue weighted by Gasteiger charge is 2.43. The molecule has 1 rings (SSSR count). The zero-order valence-electron chi connectivity index (χ0n) is 8.42. The number of aliphatic hydroxyl groups is 4. The summed E-state index contributed by atoms with van der Waals surface area (Å²) in [6.45, 7) is -0.555. The standard InChI is InChI=1S/C7H14O8S/c1-16(12,13)14-2-3-4(8)5(9)6(10)7(11)15-3/h3-11H,2H2,1H3/t3-,4-,5+,6-,7?/m1/s1. The Morgan fingerprint density at radius 2 is 1.69 bits per heavy atom. The van der Waals surface area contributed by atoms with Gasteiger partial charge in [-0.25, -0.2) is 0 Å². The lowest BCUT2D eigenvalue weighted by molar-refractivity contribution is -0.285. The third kappa shape index (κ3) is 3.35. The van der Waals surface area contributed by atoms with E-state index in [0.717, 1.165) is 6.26 Å². The van der Waals surface area contributed by atoms with Gasteiger partial charge in [-0.3, -0.25) is 4.18 Å². The number of aliphatic hydroxyl groups excluding tert-OH is 4. The minimum Gasteiger partial charge on any atom is -0.387 e. The Labute approximate surface area is 92.2 Å². The molecular weight excluding hydrogens is 244 g/mol. The summed E-state index contributed by atoms with van der Waals surface area (Å²) in [6.07, 6.45) is -6.94. The van der Waals surface area contributed by atoms with Gasteiger partial charge < -0.3 is 25.2 Å². The van der Waals surface area contributed by atoms with E-state index in [2.05, 4.69) is 8.92 Å². The molecule has 96 valence electrons. The second-order valence-electron chi connectivity index (χ2n) is 3.53. The summed E-state index contributed by atoms with van der Waals surface area (Å²) in [6, 6.07) is 0. The van der Waals surface area contributed by atoms with E-state index in [1.165, 1.54) is 0 Å². The van der Waals surface area contributed by atoms with Crippen LogP contribution in [0.25, 0.3) is 0 Å². The largest absolute Gasteiger partial charge is 0.387 e. The summed E-state index contributed by atoms with van der Waals surface area (Å²) in [7, 11) is -3.71. The van der Waals surface area contributed by atoms with Crippen LogP contribution in [0.4, 0.5) is 0 Å². The Hall–Kier alpha value is -0.290. The summed E-state index contributed by atoms with van der Waals surface area (Å²) in [4.78, 5) is 0. The SMILES string of the molecule is CS(=O)(=O)OC[C@H]1OC(O)[C@H](O)[C@@H](O)[C@@H]1O. The molecule has 1 aliphatic rings. The Morgan fingerprint density at radius 3 is 2.19 bits per heavy atom. The maximum atomic E-state index is 10.7. The molecule has 8 nitrogen and oxygen atoms in total. The Kier molecular flexibility index (Phi) is 4.23. The van der Waals surface area contributed by atoms with Crippen LogP contribution < -0.4 is 0 Å². The van der Waals surface area contributed by atoms with Crippen molar-refractivity contribution in [3.63, 3.8) is 0 Å². The van der Waals surface area contributed by atoms with Crippen molar-refractivity contribution in [2.45, 2.75) is 30.7 Å². The van der Waals surface area contributed by atoms with Gasteiger partial charge in [-0.15, -0.1) is 0 Å². The van der Waals surface area contributed by atoms with Crippen LogP contribution in [0.15, 0.2) is 0 Å². The summed E-state index contributed by atoms with van der Waals surface area (Å²) >= 11 is 0. The van der Waals surface area contributed by atoms with Gasteiger partial charge in [-0.05, 0) is 0 Å². The highest BCUT2D eigenvalue weighted by molar-refractivity contribution is 7.85. The lowest BCUT2D eigenvalue weighted by Crippen LogP contribution is -2.58. The number of rotatable bonds is 3. The zero-order chi connectivity index (χ0) is 12.5. The van der Waals surface area contributed by atoms with Gasteiger partial charge in [0.15, 0.2) is 6.29 Å². The molecular formula is C7H14O8S. The molecule has 9 heteroatoms. The first-order chi connectivity index (χ1) is 7.22. The normalized spacial score (nSPS) is 40.9. The fourth-order valence-corrected chi connectivity index (χ4v) is 1.64. The minimum absolute atomic E-state index is 0.555. The summed E-state index contributed by atoms with van der Waals surface area (Å²) in [5.74, 6) is 0. The van der Waals surface area contributed by atoms with Crippen LogP contribution in [0.3, 0.4) is 0 Å². The number of ether oxygens (including phenoxy) is 1. The molecule has 1 heterocycles. The molecule has 0 spiro atoms. The van der Waals surface area contributed by atoms with Crippen molar-refractivity contribution in [2.24, 2.45) is 0 Å². The van der Waals surface area contributed by atoms with E-state index < -0.39 is 47.4 Å². The predicted molar refractivity (Wildman–Crippen MR) is 49.7 cm³/mol. The van der Waals surface area contributed by atoms with Crippen molar-refractivity contribution in [3.05, 3.63) is 0 Å². The van der Waals surface area contributed by atoms with Crippen LogP contribution in [0, 0.1) is 0 Å². The third-order valence-corrected chi connectivity index (χ3v) is 2.70. The maximum Gasteiger partial charge on any atom is 0.264 e. The molecule has 0 saturated carbocycles. The summed E-state index contributed by atoms with van der Waals surface area (Å²) < 4.78 is 30.4. The topological polar surface area (TPSA) is 134 Å². The van der Waals surface area contributed by atoms with E-state index in [1.54, 1.807) is 0 Å². The van der Waals surface area contributed by atoms with Crippen LogP contribution >= 0.6 is 0 Å². The minimum atomic E-state index is -3.71. The average molecular weight is 258 g/mol. The molecule has 16 heavy (non-hydrogen) atoms. The molecule has 0 aromatic heterocycles. The van der Waals surface area contributed by atoms with Crippen LogP contribution in [0.1, 0.15) is 0 Å². The molecule has 1 fully saturated rings. The van der Waals surface area contributed by atoms with Crippen molar-refractivity contribution in [3.8, 4) is 0 Å². The van der Waals surface area contributed by atoms with Crippen LogP contribution in [0.2, 0.25) is 0 Å².